The number of aromatic nitrogens is 4. The lowest BCUT2D eigenvalue weighted by Gasteiger charge is -2.10. The van der Waals surface area contributed by atoms with Crippen LogP contribution in [0.5, 0.6) is 0 Å². The summed E-state index contributed by atoms with van der Waals surface area (Å²) >= 11 is 0. The lowest BCUT2D eigenvalue weighted by molar-refractivity contribution is 0.578. The molecule has 3 aromatic heterocycles. The molecular formula is C23H27N7. The maximum Gasteiger partial charge on any atom is 0.229 e. The number of rotatable bonds is 9. The molecule has 0 atom stereocenters. The number of hydrogen-bond donors (Lipinski definition) is 3. The van der Waals surface area contributed by atoms with Crippen molar-refractivity contribution in [1.82, 2.24) is 24.8 Å². The zero-order valence-electron chi connectivity index (χ0n) is 17.3. The Hall–Kier alpha value is -3.45. The summed E-state index contributed by atoms with van der Waals surface area (Å²) in [5.41, 5.74) is 2.86. The van der Waals surface area contributed by atoms with Gasteiger partial charge in [-0.25, -0.2) is 9.97 Å². The Morgan fingerprint density at radius 1 is 0.933 bits per heavy atom. The first-order chi connectivity index (χ1) is 14.7. The molecule has 3 N–H and O–H groups in total. The Balaban J connectivity index is 1.40. The molecule has 4 aromatic rings. The quantitative estimate of drug-likeness (QED) is 0.362. The van der Waals surface area contributed by atoms with Gasteiger partial charge in [0.15, 0.2) is 5.65 Å². The molecule has 0 amide bonds. The molecule has 3 heterocycles. The van der Waals surface area contributed by atoms with Crippen molar-refractivity contribution in [3.05, 3.63) is 67.1 Å². The average Bonchev–Trinajstić information content (AvgIpc) is 3.18. The van der Waals surface area contributed by atoms with Gasteiger partial charge in [-0.15, -0.1) is 0 Å². The highest BCUT2D eigenvalue weighted by atomic mass is 15.2. The van der Waals surface area contributed by atoms with E-state index in [0.29, 0.717) is 12.0 Å². The molecule has 7 nitrogen and oxygen atoms in total. The predicted octanol–water partition coefficient (Wildman–Crippen LogP) is 4.36. The molecule has 0 fully saturated rings. The molecule has 154 valence electrons. The van der Waals surface area contributed by atoms with Gasteiger partial charge in [0.25, 0.3) is 0 Å². The van der Waals surface area contributed by atoms with E-state index < -0.39 is 0 Å². The molecule has 0 unspecified atom stereocenters. The van der Waals surface area contributed by atoms with E-state index in [1.807, 2.05) is 53.4 Å². The monoisotopic (exact) mass is 401 g/mol. The van der Waals surface area contributed by atoms with Crippen molar-refractivity contribution in [3.8, 4) is 5.82 Å². The van der Waals surface area contributed by atoms with Crippen LogP contribution in [0.2, 0.25) is 0 Å². The molecule has 0 bridgehead atoms. The third-order valence-electron chi connectivity index (χ3n) is 4.70. The zero-order chi connectivity index (χ0) is 20.8. The Bertz CT molecular complexity index is 1070. The van der Waals surface area contributed by atoms with Crippen molar-refractivity contribution in [2.75, 3.05) is 23.7 Å². The molecule has 0 saturated heterocycles. The summed E-state index contributed by atoms with van der Waals surface area (Å²) < 4.78 is 1.96. The molecule has 4 rings (SSSR count). The first-order valence-electron chi connectivity index (χ1n) is 10.3. The van der Waals surface area contributed by atoms with Gasteiger partial charge in [0.05, 0.1) is 0 Å². The first-order valence-corrected chi connectivity index (χ1v) is 10.3. The molecular weight excluding hydrogens is 374 g/mol. The molecule has 7 heteroatoms. The highest BCUT2D eigenvalue weighted by Gasteiger charge is 2.08. The van der Waals surface area contributed by atoms with Crippen LogP contribution in [-0.2, 0) is 0 Å². The van der Waals surface area contributed by atoms with Gasteiger partial charge in [0.1, 0.15) is 5.82 Å². The van der Waals surface area contributed by atoms with Crippen molar-refractivity contribution >= 4 is 28.4 Å². The molecule has 30 heavy (non-hydrogen) atoms. The number of pyridine rings is 1. The summed E-state index contributed by atoms with van der Waals surface area (Å²) in [4.78, 5) is 13.5. The normalized spacial score (nSPS) is 11.2. The summed E-state index contributed by atoms with van der Waals surface area (Å²) in [5, 5.41) is 11.1. The van der Waals surface area contributed by atoms with Gasteiger partial charge >= 0.3 is 0 Å². The molecule has 0 radical (unpaired) electrons. The fourth-order valence-corrected chi connectivity index (χ4v) is 3.17. The fourth-order valence-electron chi connectivity index (χ4n) is 3.17. The largest absolute Gasteiger partial charge is 0.385 e. The van der Waals surface area contributed by atoms with Crippen LogP contribution in [0.25, 0.3) is 16.9 Å². The van der Waals surface area contributed by atoms with E-state index >= 15 is 0 Å². The maximum atomic E-state index is 4.69. The Morgan fingerprint density at radius 3 is 2.53 bits per heavy atom. The van der Waals surface area contributed by atoms with E-state index in [-0.39, 0.29) is 0 Å². The second-order valence-electron chi connectivity index (χ2n) is 7.44. The molecule has 0 aliphatic heterocycles. The van der Waals surface area contributed by atoms with E-state index in [1.165, 1.54) is 0 Å². The highest BCUT2D eigenvalue weighted by Crippen LogP contribution is 2.21. The predicted molar refractivity (Wildman–Crippen MR) is 123 cm³/mol. The topological polar surface area (TPSA) is 79.7 Å². The van der Waals surface area contributed by atoms with Gasteiger partial charge in [0.2, 0.25) is 5.95 Å². The van der Waals surface area contributed by atoms with Crippen LogP contribution >= 0.6 is 0 Å². The summed E-state index contributed by atoms with van der Waals surface area (Å²) in [6.45, 7) is 6.29. The zero-order valence-corrected chi connectivity index (χ0v) is 17.3. The lowest BCUT2D eigenvalue weighted by Crippen LogP contribution is -2.25. The number of nitrogens with zero attached hydrogens (tertiary/aromatic N) is 4. The van der Waals surface area contributed by atoms with Crippen LogP contribution in [0.1, 0.15) is 20.3 Å². The number of nitrogens with one attached hydrogen (secondary N) is 3. The molecule has 0 spiro atoms. The van der Waals surface area contributed by atoms with E-state index in [9.17, 15) is 0 Å². The van der Waals surface area contributed by atoms with Gasteiger partial charge in [-0.3, -0.25) is 4.57 Å². The minimum absolute atomic E-state index is 0.531. The van der Waals surface area contributed by atoms with Gasteiger partial charge in [-0.2, -0.15) is 4.98 Å². The summed E-state index contributed by atoms with van der Waals surface area (Å²) in [6, 6.07) is 16.5. The summed E-state index contributed by atoms with van der Waals surface area (Å²) in [7, 11) is 0. The summed E-state index contributed by atoms with van der Waals surface area (Å²) in [6.07, 6.45) is 6.65. The van der Waals surface area contributed by atoms with Gasteiger partial charge in [0, 0.05) is 47.9 Å². The first kappa shape index (κ1) is 19.8. The minimum atomic E-state index is 0.531. The molecule has 0 aliphatic carbocycles. The number of anilines is 3. The van der Waals surface area contributed by atoms with Crippen molar-refractivity contribution in [3.63, 3.8) is 0 Å². The average molecular weight is 402 g/mol. The Morgan fingerprint density at radius 2 is 1.77 bits per heavy atom. The summed E-state index contributed by atoms with van der Waals surface area (Å²) in [5.74, 6) is 1.38. The maximum absolute atomic E-state index is 4.69. The van der Waals surface area contributed by atoms with Crippen LogP contribution in [0.15, 0.2) is 67.1 Å². The smallest absolute Gasteiger partial charge is 0.229 e. The van der Waals surface area contributed by atoms with E-state index in [2.05, 4.69) is 51.9 Å². The third kappa shape index (κ3) is 4.93. The molecule has 0 saturated carbocycles. The van der Waals surface area contributed by atoms with Crippen LogP contribution < -0.4 is 16.0 Å². The van der Waals surface area contributed by atoms with Crippen molar-refractivity contribution < 1.29 is 0 Å². The lowest BCUT2D eigenvalue weighted by atomic mass is 10.2. The van der Waals surface area contributed by atoms with Gasteiger partial charge < -0.3 is 16.0 Å². The number of benzene rings is 1. The van der Waals surface area contributed by atoms with Crippen molar-refractivity contribution in [2.45, 2.75) is 26.3 Å². The molecule has 1 aromatic carbocycles. The Kier molecular flexibility index (Phi) is 6.20. The number of fused-ring (bicyclic) bond motifs is 1. The van der Waals surface area contributed by atoms with E-state index in [1.54, 1.807) is 6.20 Å². The second-order valence-corrected chi connectivity index (χ2v) is 7.44. The van der Waals surface area contributed by atoms with Crippen LogP contribution in [-0.4, -0.2) is 38.7 Å². The standard InChI is InChI=1S/C23H27N7/c1-17(2)24-13-5-14-25-19-7-9-20(10-8-19)28-23-27-16-18-11-15-30(22(18)29-23)21-6-3-4-12-26-21/h3-4,6-12,15-17,24-25H,5,13-14H2,1-2H3,(H,27,28,29). The van der Waals surface area contributed by atoms with E-state index in [4.69, 9.17) is 4.98 Å². The fraction of sp³-hybridized carbons (Fsp3) is 0.261. The van der Waals surface area contributed by atoms with Crippen molar-refractivity contribution in [2.24, 2.45) is 0 Å². The SMILES string of the molecule is CC(C)NCCCNc1ccc(Nc2ncc3ccn(-c4ccccn4)c3n2)cc1. The minimum Gasteiger partial charge on any atom is -0.385 e. The van der Waals surface area contributed by atoms with E-state index in [0.717, 1.165) is 47.7 Å². The molecule has 0 aliphatic rings. The van der Waals surface area contributed by atoms with Gasteiger partial charge in [-0.05, 0) is 55.4 Å². The van der Waals surface area contributed by atoms with Crippen molar-refractivity contribution in [1.29, 1.82) is 0 Å². The second kappa shape index (κ2) is 9.37. The Labute approximate surface area is 176 Å². The third-order valence-corrected chi connectivity index (χ3v) is 4.70. The van der Waals surface area contributed by atoms with Crippen LogP contribution in [0.3, 0.4) is 0 Å². The number of hydrogen-bond acceptors (Lipinski definition) is 6. The van der Waals surface area contributed by atoms with Crippen LogP contribution in [0, 0.1) is 0 Å². The van der Waals surface area contributed by atoms with Gasteiger partial charge in [-0.1, -0.05) is 19.9 Å². The van der Waals surface area contributed by atoms with Crippen LogP contribution in [0.4, 0.5) is 17.3 Å². The highest BCUT2D eigenvalue weighted by molar-refractivity contribution is 5.78.